The number of carboxylic acid groups (broad SMARTS) is 1. The fourth-order valence-electron chi connectivity index (χ4n) is 1.61. The molecule has 94 valence electrons. The molecule has 0 bridgehead atoms. The summed E-state index contributed by atoms with van der Waals surface area (Å²) in [7, 11) is 0. The maximum Gasteiger partial charge on any atom is 0.335 e. The lowest BCUT2D eigenvalue weighted by atomic mass is 10.2. The van der Waals surface area contributed by atoms with Crippen LogP contribution >= 0.6 is 0 Å². The van der Waals surface area contributed by atoms with Crippen molar-refractivity contribution in [1.82, 2.24) is 0 Å². The molecular weight excluding hydrogens is 242 g/mol. The molecule has 2 aromatic rings. The molecule has 0 amide bonds. The third-order valence-electron chi connectivity index (χ3n) is 2.67. The number of rotatable bonds is 3. The SMILES string of the molecule is N#Cc1ccc(N(N)c2ccc(C(=O)O)cc2)cc1. The van der Waals surface area contributed by atoms with Gasteiger partial charge in [-0.25, -0.2) is 10.6 Å². The summed E-state index contributed by atoms with van der Waals surface area (Å²) in [6, 6.07) is 15.0. The molecule has 0 radical (unpaired) electrons. The lowest BCUT2D eigenvalue weighted by molar-refractivity contribution is 0.0697. The highest BCUT2D eigenvalue weighted by Crippen LogP contribution is 2.22. The van der Waals surface area contributed by atoms with Crippen molar-refractivity contribution in [2.45, 2.75) is 0 Å². The summed E-state index contributed by atoms with van der Waals surface area (Å²) in [5, 5.41) is 19.0. The Morgan fingerprint density at radius 2 is 1.53 bits per heavy atom. The van der Waals surface area contributed by atoms with E-state index in [2.05, 4.69) is 0 Å². The molecular formula is C14H11N3O2. The van der Waals surface area contributed by atoms with Gasteiger partial charge in [0.1, 0.15) is 0 Å². The van der Waals surface area contributed by atoms with Crippen molar-refractivity contribution in [1.29, 1.82) is 5.26 Å². The molecule has 2 aromatic carbocycles. The van der Waals surface area contributed by atoms with E-state index in [9.17, 15) is 4.79 Å². The first-order chi connectivity index (χ1) is 9.11. The van der Waals surface area contributed by atoms with E-state index in [0.29, 0.717) is 16.9 Å². The number of carboxylic acids is 1. The van der Waals surface area contributed by atoms with Gasteiger partial charge in [-0.2, -0.15) is 5.26 Å². The van der Waals surface area contributed by atoms with E-state index in [1.807, 2.05) is 6.07 Å². The first-order valence-corrected chi connectivity index (χ1v) is 5.50. The Morgan fingerprint density at radius 1 is 1.05 bits per heavy atom. The molecule has 0 atom stereocenters. The number of nitriles is 1. The Morgan fingerprint density at radius 3 is 1.95 bits per heavy atom. The Bertz CT molecular complexity index is 627. The van der Waals surface area contributed by atoms with Crippen LogP contribution in [0.5, 0.6) is 0 Å². The van der Waals surface area contributed by atoms with Crippen LogP contribution in [0, 0.1) is 11.3 Å². The fraction of sp³-hybridized carbons (Fsp3) is 0. The van der Waals surface area contributed by atoms with Gasteiger partial charge in [0.15, 0.2) is 0 Å². The molecule has 3 N–H and O–H groups in total. The van der Waals surface area contributed by atoms with Gasteiger partial charge in [0, 0.05) is 0 Å². The predicted octanol–water partition coefficient (Wildman–Crippen LogP) is 2.27. The van der Waals surface area contributed by atoms with Crippen LogP contribution in [0.3, 0.4) is 0 Å². The minimum atomic E-state index is -0.978. The summed E-state index contributed by atoms with van der Waals surface area (Å²) in [4.78, 5) is 10.7. The Hall–Kier alpha value is -2.84. The number of hydrogen-bond acceptors (Lipinski definition) is 4. The zero-order valence-corrected chi connectivity index (χ0v) is 9.95. The number of nitrogens with two attached hydrogens (primary N) is 1. The van der Waals surface area contributed by atoms with Crippen molar-refractivity contribution in [3.8, 4) is 6.07 Å². The molecule has 0 aliphatic rings. The van der Waals surface area contributed by atoms with Crippen molar-refractivity contribution in [2.75, 3.05) is 5.01 Å². The van der Waals surface area contributed by atoms with Crippen LogP contribution in [0.25, 0.3) is 0 Å². The highest BCUT2D eigenvalue weighted by Gasteiger charge is 2.07. The third-order valence-corrected chi connectivity index (χ3v) is 2.67. The van der Waals surface area contributed by atoms with Gasteiger partial charge in [-0.3, -0.25) is 5.01 Å². The molecule has 2 rings (SSSR count). The van der Waals surface area contributed by atoms with Gasteiger partial charge in [0.05, 0.1) is 28.6 Å². The molecule has 0 aliphatic heterocycles. The lowest BCUT2D eigenvalue weighted by Gasteiger charge is -2.18. The predicted molar refractivity (Wildman–Crippen MR) is 70.9 cm³/mol. The van der Waals surface area contributed by atoms with Crippen LogP contribution < -0.4 is 10.9 Å². The number of benzene rings is 2. The van der Waals surface area contributed by atoms with Gasteiger partial charge in [-0.05, 0) is 48.5 Å². The third kappa shape index (κ3) is 2.70. The smallest absolute Gasteiger partial charge is 0.335 e. The van der Waals surface area contributed by atoms with Crippen LogP contribution in [-0.2, 0) is 0 Å². The molecule has 0 saturated carbocycles. The number of aromatic carboxylic acids is 1. The average Bonchev–Trinajstić information content (AvgIpc) is 2.46. The van der Waals surface area contributed by atoms with Gasteiger partial charge in [-0.15, -0.1) is 0 Å². The molecule has 0 aromatic heterocycles. The number of hydrogen-bond donors (Lipinski definition) is 2. The average molecular weight is 253 g/mol. The molecule has 0 spiro atoms. The summed E-state index contributed by atoms with van der Waals surface area (Å²) < 4.78 is 0. The highest BCUT2D eigenvalue weighted by atomic mass is 16.4. The van der Waals surface area contributed by atoms with Gasteiger partial charge in [0.25, 0.3) is 0 Å². The number of anilines is 2. The van der Waals surface area contributed by atoms with E-state index < -0.39 is 5.97 Å². The van der Waals surface area contributed by atoms with Gasteiger partial charge >= 0.3 is 5.97 Å². The van der Waals surface area contributed by atoms with Crippen molar-refractivity contribution < 1.29 is 9.90 Å². The quantitative estimate of drug-likeness (QED) is 0.646. The van der Waals surface area contributed by atoms with E-state index in [4.69, 9.17) is 16.2 Å². The van der Waals surface area contributed by atoms with E-state index >= 15 is 0 Å². The second-order valence-electron chi connectivity index (χ2n) is 3.88. The zero-order chi connectivity index (χ0) is 13.8. The molecule has 0 unspecified atom stereocenters. The van der Waals surface area contributed by atoms with E-state index in [-0.39, 0.29) is 5.56 Å². The second-order valence-corrected chi connectivity index (χ2v) is 3.88. The maximum atomic E-state index is 10.7. The monoisotopic (exact) mass is 253 g/mol. The molecule has 5 heteroatoms. The molecule has 0 heterocycles. The Kier molecular flexibility index (Phi) is 3.46. The van der Waals surface area contributed by atoms with Crippen LogP contribution in [-0.4, -0.2) is 11.1 Å². The van der Waals surface area contributed by atoms with E-state index in [0.717, 1.165) is 0 Å². The first kappa shape index (κ1) is 12.6. The number of hydrazine groups is 1. The van der Waals surface area contributed by atoms with Gasteiger partial charge in [-0.1, -0.05) is 0 Å². The Balaban J connectivity index is 2.25. The van der Waals surface area contributed by atoms with Gasteiger partial charge < -0.3 is 5.11 Å². The standard InChI is InChI=1S/C14H11N3O2/c15-9-10-1-5-12(6-2-10)17(16)13-7-3-11(4-8-13)14(18)19/h1-8H,16H2,(H,18,19). The minimum Gasteiger partial charge on any atom is -0.478 e. The van der Waals surface area contributed by atoms with Crippen LogP contribution in [0.1, 0.15) is 15.9 Å². The van der Waals surface area contributed by atoms with Crippen molar-refractivity contribution in [3.05, 3.63) is 59.7 Å². The summed E-state index contributed by atoms with van der Waals surface area (Å²) >= 11 is 0. The van der Waals surface area contributed by atoms with E-state index in [1.54, 1.807) is 36.4 Å². The molecule has 0 aliphatic carbocycles. The topological polar surface area (TPSA) is 90.4 Å². The summed E-state index contributed by atoms with van der Waals surface area (Å²) in [6.45, 7) is 0. The van der Waals surface area contributed by atoms with Crippen molar-refractivity contribution in [2.24, 2.45) is 5.84 Å². The fourth-order valence-corrected chi connectivity index (χ4v) is 1.61. The largest absolute Gasteiger partial charge is 0.478 e. The van der Waals surface area contributed by atoms with Crippen molar-refractivity contribution in [3.63, 3.8) is 0 Å². The van der Waals surface area contributed by atoms with Gasteiger partial charge in [0.2, 0.25) is 0 Å². The normalized spacial score (nSPS) is 9.68. The molecule has 0 fully saturated rings. The van der Waals surface area contributed by atoms with Crippen molar-refractivity contribution >= 4 is 17.3 Å². The minimum absolute atomic E-state index is 0.206. The van der Waals surface area contributed by atoms with Crippen LogP contribution in [0.4, 0.5) is 11.4 Å². The number of nitrogens with zero attached hydrogens (tertiary/aromatic N) is 2. The highest BCUT2D eigenvalue weighted by molar-refractivity contribution is 5.88. The summed E-state index contributed by atoms with van der Waals surface area (Å²) in [5.41, 5.74) is 2.13. The zero-order valence-electron chi connectivity index (χ0n) is 9.95. The molecule has 0 saturated heterocycles. The lowest BCUT2D eigenvalue weighted by Crippen LogP contribution is -2.24. The van der Waals surface area contributed by atoms with E-state index in [1.165, 1.54) is 17.1 Å². The second kappa shape index (κ2) is 5.21. The Labute approximate surface area is 110 Å². The number of carbonyl (C=O) groups is 1. The van der Waals surface area contributed by atoms with Crippen LogP contribution in [0.2, 0.25) is 0 Å². The molecule has 5 nitrogen and oxygen atoms in total. The molecule has 19 heavy (non-hydrogen) atoms. The van der Waals surface area contributed by atoms with Crippen LogP contribution in [0.15, 0.2) is 48.5 Å². The summed E-state index contributed by atoms with van der Waals surface area (Å²) in [5.74, 6) is 4.96. The first-order valence-electron chi connectivity index (χ1n) is 5.50. The maximum absolute atomic E-state index is 10.7. The summed E-state index contributed by atoms with van der Waals surface area (Å²) in [6.07, 6.45) is 0.